The Morgan fingerprint density at radius 3 is 1.73 bits per heavy atom. The highest BCUT2D eigenvalue weighted by Crippen LogP contribution is 2.03. The molecule has 0 aromatic rings. The fourth-order valence-corrected chi connectivity index (χ4v) is 0.737. The SMILES string of the molecule is CC.CC.CC1C=CCN1C. The van der Waals surface area contributed by atoms with Crippen molar-refractivity contribution in [2.45, 2.75) is 40.7 Å². The Kier molecular flexibility index (Phi) is 11.7. The van der Waals surface area contributed by atoms with Gasteiger partial charge in [-0.15, -0.1) is 0 Å². The molecule has 1 nitrogen and oxygen atoms in total. The largest absolute Gasteiger partial charge is 0.297 e. The van der Waals surface area contributed by atoms with Crippen molar-refractivity contribution in [3.8, 4) is 0 Å². The Morgan fingerprint density at radius 1 is 1.18 bits per heavy atom. The quantitative estimate of drug-likeness (QED) is 0.489. The van der Waals surface area contributed by atoms with Gasteiger partial charge in [0.15, 0.2) is 0 Å². The first-order chi connectivity index (χ1) is 5.30. The Hall–Kier alpha value is -0.300. The maximum Gasteiger partial charge on any atom is 0.0250 e. The van der Waals surface area contributed by atoms with Gasteiger partial charge >= 0.3 is 0 Å². The van der Waals surface area contributed by atoms with Gasteiger partial charge in [-0.3, -0.25) is 4.90 Å². The summed E-state index contributed by atoms with van der Waals surface area (Å²) in [5, 5.41) is 0. The summed E-state index contributed by atoms with van der Waals surface area (Å²) in [5.74, 6) is 0. The van der Waals surface area contributed by atoms with Crippen LogP contribution in [0.5, 0.6) is 0 Å². The minimum Gasteiger partial charge on any atom is -0.297 e. The van der Waals surface area contributed by atoms with Crippen molar-refractivity contribution in [1.82, 2.24) is 4.90 Å². The van der Waals surface area contributed by atoms with E-state index in [0.29, 0.717) is 6.04 Å². The summed E-state index contributed by atoms with van der Waals surface area (Å²) >= 11 is 0. The van der Waals surface area contributed by atoms with Gasteiger partial charge in [-0.25, -0.2) is 0 Å². The molecule has 0 spiro atoms. The molecule has 0 aliphatic carbocycles. The molecule has 0 fully saturated rings. The van der Waals surface area contributed by atoms with Crippen LogP contribution in [-0.4, -0.2) is 24.5 Å². The maximum absolute atomic E-state index is 2.29. The van der Waals surface area contributed by atoms with Crippen molar-refractivity contribution in [2.75, 3.05) is 13.6 Å². The van der Waals surface area contributed by atoms with Crippen molar-refractivity contribution >= 4 is 0 Å². The monoisotopic (exact) mass is 157 g/mol. The lowest BCUT2D eigenvalue weighted by Gasteiger charge is -2.12. The van der Waals surface area contributed by atoms with Gasteiger partial charge in [-0.1, -0.05) is 39.8 Å². The fraction of sp³-hybridized carbons (Fsp3) is 0.800. The number of rotatable bonds is 0. The van der Waals surface area contributed by atoms with Crippen LogP contribution in [-0.2, 0) is 0 Å². The third-order valence-corrected chi connectivity index (χ3v) is 1.50. The lowest BCUT2D eigenvalue weighted by atomic mass is 10.3. The van der Waals surface area contributed by atoms with Crippen molar-refractivity contribution < 1.29 is 0 Å². The van der Waals surface area contributed by atoms with Gasteiger partial charge in [0.25, 0.3) is 0 Å². The van der Waals surface area contributed by atoms with Crippen LogP contribution in [0.4, 0.5) is 0 Å². The number of hydrogen-bond acceptors (Lipinski definition) is 1. The second-order valence-corrected chi connectivity index (χ2v) is 2.11. The molecule has 0 aromatic carbocycles. The molecular formula is C10H23N. The van der Waals surface area contributed by atoms with E-state index in [1.54, 1.807) is 0 Å². The molecule has 1 aliphatic rings. The lowest BCUT2D eigenvalue weighted by Crippen LogP contribution is -2.21. The van der Waals surface area contributed by atoms with E-state index in [2.05, 4.69) is 31.0 Å². The molecule has 1 heterocycles. The topological polar surface area (TPSA) is 3.24 Å². The Morgan fingerprint density at radius 2 is 1.64 bits per heavy atom. The van der Waals surface area contributed by atoms with Gasteiger partial charge in [0.05, 0.1) is 0 Å². The lowest BCUT2D eigenvalue weighted by molar-refractivity contribution is 0.352. The van der Waals surface area contributed by atoms with Gasteiger partial charge < -0.3 is 0 Å². The minimum atomic E-state index is 0.667. The van der Waals surface area contributed by atoms with Crippen LogP contribution in [0.1, 0.15) is 34.6 Å². The summed E-state index contributed by atoms with van der Waals surface area (Å²) in [6, 6.07) is 0.667. The van der Waals surface area contributed by atoms with Crippen molar-refractivity contribution in [2.24, 2.45) is 0 Å². The van der Waals surface area contributed by atoms with Gasteiger partial charge in [-0.05, 0) is 14.0 Å². The highest BCUT2D eigenvalue weighted by molar-refractivity contribution is 5.00. The standard InChI is InChI=1S/C6H11N.2C2H6/c1-6-4-3-5-7(6)2;2*1-2/h3-4,6H,5H2,1-2H3;2*1-2H3. The van der Waals surface area contributed by atoms with E-state index in [1.807, 2.05) is 27.7 Å². The van der Waals surface area contributed by atoms with Crippen LogP contribution in [0.3, 0.4) is 0 Å². The van der Waals surface area contributed by atoms with Crippen molar-refractivity contribution in [3.05, 3.63) is 12.2 Å². The van der Waals surface area contributed by atoms with Gasteiger partial charge in [0, 0.05) is 12.6 Å². The molecule has 1 aliphatic heterocycles. The summed E-state index contributed by atoms with van der Waals surface area (Å²) in [6.45, 7) is 11.3. The predicted octanol–water partition coefficient (Wildman–Crippen LogP) is 2.93. The zero-order valence-corrected chi connectivity index (χ0v) is 8.89. The van der Waals surface area contributed by atoms with E-state index in [-0.39, 0.29) is 0 Å². The molecule has 68 valence electrons. The summed E-state index contributed by atoms with van der Waals surface area (Å²) in [7, 11) is 2.13. The maximum atomic E-state index is 2.29. The molecule has 0 bridgehead atoms. The first-order valence-corrected chi connectivity index (χ1v) is 4.67. The summed E-state index contributed by atoms with van der Waals surface area (Å²) < 4.78 is 0. The average Bonchev–Trinajstić information content (AvgIpc) is 2.44. The van der Waals surface area contributed by atoms with E-state index >= 15 is 0 Å². The molecule has 1 rings (SSSR count). The molecule has 0 amide bonds. The summed E-state index contributed by atoms with van der Waals surface area (Å²) in [4.78, 5) is 2.29. The molecule has 1 unspecified atom stereocenters. The van der Waals surface area contributed by atoms with Crippen LogP contribution in [0, 0.1) is 0 Å². The molecule has 0 N–H and O–H groups in total. The average molecular weight is 157 g/mol. The predicted molar refractivity (Wildman–Crippen MR) is 53.9 cm³/mol. The molecule has 0 aromatic heterocycles. The highest BCUT2D eigenvalue weighted by atomic mass is 15.1. The number of likely N-dealkylation sites (N-methyl/N-ethyl adjacent to an activating group) is 1. The first kappa shape index (κ1) is 13.3. The Balaban J connectivity index is 0. The molecule has 0 radical (unpaired) electrons. The molecule has 0 saturated carbocycles. The van der Waals surface area contributed by atoms with Gasteiger partial charge in [-0.2, -0.15) is 0 Å². The Bertz CT molecular complexity index is 86.9. The van der Waals surface area contributed by atoms with E-state index in [1.165, 1.54) is 0 Å². The zero-order valence-electron chi connectivity index (χ0n) is 8.89. The van der Waals surface area contributed by atoms with Crippen LogP contribution < -0.4 is 0 Å². The fourth-order valence-electron chi connectivity index (χ4n) is 0.737. The van der Waals surface area contributed by atoms with Crippen molar-refractivity contribution in [3.63, 3.8) is 0 Å². The van der Waals surface area contributed by atoms with E-state index < -0.39 is 0 Å². The highest BCUT2D eigenvalue weighted by Gasteiger charge is 2.07. The first-order valence-electron chi connectivity index (χ1n) is 4.67. The smallest absolute Gasteiger partial charge is 0.0250 e. The third-order valence-electron chi connectivity index (χ3n) is 1.50. The minimum absolute atomic E-state index is 0.667. The molecular weight excluding hydrogens is 134 g/mol. The van der Waals surface area contributed by atoms with E-state index in [0.717, 1.165) is 6.54 Å². The van der Waals surface area contributed by atoms with Crippen LogP contribution in [0.25, 0.3) is 0 Å². The molecule has 0 saturated heterocycles. The summed E-state index contributed by atoms with van der Waals surface area (Å²) in [6.07, 6.45) is 4.42. The van der Waals surface area contributed by atoms with Crippen molar-refractivity contribution in [1.29, 1.82) is 0 Å². The summed E-state index contributed by atoms with van der Waals surface area (Å²) in [5.41, 5.74) is 0. The molecule has 11 heavy (non-hydrogen) atoms. The molecule has 1 heteroatoms. The number of nitrogens with zero attached hydrogens (tertiary/aromatic N) is 1. The van der Waals surface area contributed by atoms with Crippen LogP contribution in [0.2, 0.25) is 0 Å². The second kappa shape index (κ2) is 9.70. The van der Waals surface area contributed by atoms with E-state index in [4.69, 9.17) is 0 Å². The second-order valence-electron chi connectivity index (χ2n) is 2.11. The third kappa shape index (κ3) is 6.11. The normalized spacial score (nSPS) is 21.5. The van der Waals surface area contributed by atoms with Crippen LogP contribution >= 0.6 is 0 Å². The van der Waals surface area contributed by atoms with E-state index in [9.17, 15) is 0 Å². The van der Waals surface area contributed by atoms with Gasteiger partial charge in [0.2, 0.25) is 0 Å². The Labute approximate surface area is 72.1 Å². The van der Waals surface area contributed by atoms with Crippen LogP contribution in [0.15, 0.2) is 12.2 Å². The zero-order chi connectivity index (χ0) is 9.28. The number of hydrogen-bond donors (Lipinski definition) is 0. The molecule has 1 atom stereocenters. The van der Waals surface area contributed by atoms with Gasteiger partial charge in [0.1, 0.15) is 0 Å².